The minimum Gasteiger partial charge on any atom is -0.399 e. The molecule has 0 heterocycles. The quantitative estimate of drug-likeness (QED) is 0.500. The van der Waals surface area contributed by atoms with E-state index >= 15 is 0 Å². The fraction of sp³-hybridized carbons (Fsp3) is 0.222. The van der Waals surface area contributed by atoms with Gasteiger partial charge in [-0.05, 0) is 31.2 Å². The van der Waals surface area contributed by atoms with Crippen molar-refractivity contribution in [2.45, 2.75) is 18.0 Å². The normalized spacial score (nSPS) is 13.4. The highest BCUT2D eigenvalue weighted by atomic mass is 32.2. The number of anilines is 1. The van der Waals surface area contributed by atoms with Crippen molar-refractivity contribution in [3.63, 3.8) is 0 Å². The summed E-state index contributed by atoms with van der Waals surface area (Å²) < 4.78 is 59.4. The van der Waals surface area contributed by atoms with Crippen molar-refractivity contribution < 1.29 is 21.6 Å². The van der Waals surface area contributed by atoms with Crippen LogP contribution in [0.15, 0.2) is 34.3 Å². The Morgan fingerprint density at radius 1 is 1.28 bits per heavy atom. The Morgan fingerprint density at radius 3 is 2.22 bits per heavy atom. The molecule has 5 nitrogen and oxygen atoms in total. The highest BCUT2D eigenvalue weighted by Crippen LogP contribution is 2.17. The summed E-state index contributed by atoms with van der Waals surface area (Å²) in [5.74, 6) is 0. The standard InChI is InChI=1S/C9H10F3N3O2S/c1-6(9(10,11)12)14-15-18(16,17)8-4-2-7(13)3-5-8/h2-5,15H,13H2,1H3/b14-6+. The van der Waals surface area contributed by atoms with Crippen LogP contribution in [0, 0.1) is 0 Å². The highest BCUT2D eigenvalue weighted by molar-refractivity contribution is 7.89. The molecule has 0 fully saturated rings. The number of benzene rings is 1. The molecule has 0 aromatic heterocycles. The van der Waals surface area contributed by atoms with Crippen LogP contribution in [0.3, 0.4) is 0 Å². The van der Waals surface area contributed by atoms with E-state index in [9.17, 15) is 21.6 Å². The van der Waals surface area contributed by atoms with Gasteiger partial charge in [-0.25, -0.2) is 0 Å². The summed E-state index contributed by atoms with van der Waals surface area (Å²) in [7, 11) is -4.13. The predicted molar refractivity (Wildman–Crippen MR) is 60.3 cm³/mol. The van der Waals surface area contributed by atoms with Gasteiger partial charge < -0.3 is 5.73 Å². The zero-order valence-corrected chi connectivity index (χ0v) is 10.0. The first kappa shape index (κ1) is 14.3. The van der Waals surface area contributed by atoms with Crippen LogP contribution in [0.1, 0.15) is 6.92 Å². The molecular formula is C9H10F3N3O2S. The minimum absolute atomic E-state index is 0.226. The molecule has 0 aliphatic carbocycles. The summed E-state index contributed by atoms with van der Waals surface area (Å²) in [6.07, 6.45) is -4.68. The number of hydrogen-bond donors (Lipinski definition) is 2. The number of alkyl halides is 3. The van der Waals surface area contributed by atoms with Crippen LogP contribution in [-0.4, -0.2) is 20.3 Å². The van der Waals surface area contributed by atoms with Gasteiger partial charge in [-0.2, -0.15) is 31.5 Å². The first-order valence-corrected chi connectivity index (χ1v) is 6.10. The number of sulfonamides is 1. The first-order chi connectivity index (χ1) is 8.13. The summed E-state index contributed by atoms with van der Waals surface area (Å²) in [6, 6.07) is 4.95. The number of hydrogen-bond acceptors (Lipinski definition) is 4. The van der Waals surface area contributed by atoms with E-state index in [0.717, 1.165) is 12.1 Å². The minimum atomic E-state index is -4.68. The van der Waals surface area contributed by atoms with Gasteiger partial charge in [0.2, 0.25) is 0 Å². The Labute approximate surface area is 102 Å². The van der Waals surface area contributed by atoms with Crippen LogP contribution < -0.4 is 10.6 Å². The topological polar surface area (TPSA) is 84.5 Å². The van der Waals surface area contributed by atoms with Crippen LogP contribution in [0.5, 0.6) is 0 Å². The van der Waals surface area contributed by atoms with E-state index in [1.54, 1.807) is 0 Å². The van der Waals surface area contributed by atoms with E-state index in [2.05, 4.69) is 5.10 Å². The number of nitrogens with zero attached hydrogens (tertiary/aromatic N) is 1. The van der Waals surface area contributed by atoms with Gasteiger partial charge in [0.15, 0.2) is 0 Å². The lowest BCUT2D eigenvalue weighted by molar-refractivity contribution is -0.0594. The molecule has 100 valence electrons. The van der Waals surface area contributed by atoms with Crippen molar-refractivity contribution >= 4 is 21.4 Å². The molecule has 0 saturated heterocycles. The molecule has 1 aromatic rings. The number of hydrazone groups is 1. The maximum atomic E-state index is 12.1. The monoisotopic (exact) mass is 281 g/mol. The number of halogens is 3. The Kier molecular flexibility index (Phi) is 3.85. The van der Waals surface area contributed by atoms with E-state index < -0.39 is 21.9 Å². The van der Waals surface area contributed by atoms with Gasteiger partial charge in [-0.15, -0.1) is 0 Å². The number of nitrogen functional groups attached to an aromatic ring is 1. The molecule has 0 spiro atoms. The molecule has 18 heavy (non-hydrogen) atoms. The molecule has 0 radical (unpaired) electrons. The van der Waals surface area contributed by atoms with Crippen LogP contribution in [0.25, 0.3) is 0 Å². The molecule has 0 aliphatic rings. The summed E-state index contributed by atoms with van der Waals surface area (Å²) in [5, 5.41) is 2.79. The maximum Gasteiger partial charge on any atom is 0.430 e. The Balaban J connectivity index is 2.94. The molecule has 0 saturated carbocycles. The second-order valence-corrected chi connectivity index (χ2v) is 5.02. The highest BCUT2D eigenvalue weighted by Gasteiger charge is 2.32. The lowest BCUT2D eigenvalue weighted by Crippen LogP contribution is -2.26. The molecule has 0 atom stereocenters. The van der Waals surface area contributed by atoms with Gasteiger partial charge in [-0.3, -0.25) is 0 Å². The van der Waals surface area contributed by atoms with Crippen LogP contribution >= 0.6 is 0 Å². The summed E-state index contributed by atoms with van der Waals surface area (Å²) in [4.78, 5) is 1.27. The van der Waals surface area contributed by atoms with Crippen LogP contribution in [0.2, 0.25) is 0 Å². The van der Waals surface area contributed by atoms with Crippen LogP contribution in [0.4, 0.5) is 18.9 Å². The van der Waals surface area contributed by atoms with Crippen molar-refractivity contribution in [2.75, 3.05) is 5.73 Å². The van der Waals surface area contributed by atoms with E-state index in [1.165, 1.54) is 17.0 Å². The maximum absolute atomic E-state index is 12.1. The van der Waals surface area contributed by atoms with Gasteiger partial charge in [0, 0.05) is 5.69 Å². The fourth-order valence-electron chi connectivity index (χ4n) is 0.892. The smallest absolute Gasteiger partial charge is 0.399 e. The van der Waals surface area contributed by atoms with Gasteiger partial charge in [0.25, 0.3) is 10.0 Å². The zero-order valence-electron chi connectivity index (χ0n) is 9.19. The van der Waals surface area contributed by atoms with Gasteiger partial charge in [0.1, 0.15) is 5.71 Å². The first-order valence-electron chi connectivity index (χ1n) is 4.62. The molecule has 9 heteroatoms. The van der Waals surface area contributed by atoms with E-state index in [-0.39, 0.29) is 4.90 Å². The predicted octanol–water partition coefficient (Wildman–Crippen LogP) is 1.49. The molecule has 0 amide bonds. The Morgan fingerprint density at radius 2 is 1.78 bits per heavy atom. The van der Waals surface area contributed by atoms with Crippen LogP contribution in [-0.2, 0) is 10.0 Å². The third kappa shape index (κ3) is 3.62. The molecule has 3 N–H and O–H groups in total. The molecule has 0 unspecified atom stereocenters. The SMILES string of the molecule is C/C(=N\NS(=O)(=O)c1ccc(N)cc1)C(F)(F)F. The number of nitrogens with two attached hydrogens (primary N) is 1. The second kappa shape index (κ2) is 4.84. The van der Waals surface area contributed by atoms with Crippen molar-refractivity contribution in [1.82, 2.24) is 4.83 Å². The largest absolute Gasteiger partial charge is 0.430 e. The van der Waals surface area contributed by atoms with Crippen molar-refractivity contribution in [3.05, 3.63) is 24.3 Å². The zero-order chi connectivity index (χ0) is 14.0. The number of nitrogens with one attached hydrogen (secondary N) is 1. The van der Waals surface area contributed by atoms with Crippen molar-refractivity contribution in [3.8, 4) is 0 Å². The van der Waals surface area contributed by atoms with E-state index in [0.29, 0.717) is 12.6 Å². The van der Waals surface area contributed by atoms with Crippen molar-refractivity contribution in [1.29, 1.82) is 0 Å². The van der Waals surface area contributed by atoms with Gasteiger partial charge in [-0.1, -0.05) is 0 Å². The fourth-order valence-corrected chi connectivity index (χ4v) is 1.75. The Bertz CT molecular complexity index is 549. The van der Waals surface area contributed by atoms with Gasteiger partial charge in [0.05, 0.1) is 4.90 Å². The third-order valence-corrected chi connectivity index (χ3v) is 3.16. The average Bonchev–Trinajstić information content (AvgIpc) is 2.25. The number of rotatable bonds is 3. The van der Waals surface area contributed by atoms with E-state index in [1.807, 2.05) is 0 Å². The summed E-state index contributed by atoms with van der Waals surface area (Å²) >= 11 is 0. The molecule has 1 aromatic carbocycles. The van der Waals surface area contributed by atoms with E-state index in [4.69, 9.17) is 5.73 Å². The summed E-state index contributed by atoms with van der Waals surface area (Å²) in [6.45, 7) is 0.658. The average molecular weight is 281 g/mol. The molecule has 0 aliphatic heterocycles. The molecular weight excluding hydrogens is 271 g/mol. The molecule has 0 bridgehead atoms. The summed E-state index contributed by atoms with van der Waals surface area (Å²) in [5.41, 5.74) is 4.40. The van der Waals surface area contributed by atoms with Gasteiger partial charge >= 0.3 is 6.18 Å². The molecule has 1 rings (SSSR count). The van der Waals surface area contributed by atoms with Crippen molar-refractivity contribution in [2.24, 2.45) is 5.10 Å². The third-order valence-electron chi connectivity index (χ3n) is 1.93. The lowest BCUT2D eigenvalue weighted by atomic mass is 10.3. The lowest BCUT2D eigenvalue weighted by Gasteiger charge is -2.07. The second-order valence-electron chi connectivity index (χ2n) is 3.36. The Hall–Kier alpha value is -1.77.